The summed E-state index contributed by atoms with van der Waals surface area (Å²) in [6.07, 6.45) is 1.99. The molecule has 0 saturated carbocycles. The highest BCUT2D eigenvalue weighted by Gasteiger charge is 2.31. The molecule has 1 atom stereocenters. The van der Waals surface area contributed by atoms with Crippen LogP contribution in [0.15, 0.2) is 24.3 Å². The predicted octanol–water partition coefficient (Wildman–Crippen LogP) is 2.13. The van der Waals surface area contributed by atoms with Gasteiger partial charge in [0.05, 0.1) is 7.11 Å². The Hall–Kier alpha value is -1.35. The largest absolute Gasteiger partial charge is 0.468 e. The Balaban J connectivity index is 2.08. The summed E-state index contributed by atoms with van der Waals surface area (Å²) in [6.45, 7) is 3.93. The molecule has 1 aliphatic rings. The normalized spacial score (nSPS) is 20.5. The summed E-state index contributed by atoms with van der Waals surface area (Å²) < 4.78 is 4.85. The molecule has 92 valence electrons. The zero-order valence-electron chi connectivity index (χ0n) is 10.5. The van der Waals surface area contributed by atoms with Crippen molar-refractivity contribution in [1.29, 1.82) is 0 Å². The van der Waals surface area contributed by atoms with E-state index in [4.69, 9.17) is 4.74 Å². The standard InChI is InChI=1S/C14H19NO2/c1-11-6-3-4-7-12(11)10-15-9-5-8-13(15)14(16)17-2/h3-4,6-7,13H,5,8-10H2,1-2H3. The fraction of sp³-hybridized carbons (Fsp3) is 0.500. The average Bonchev–Trinajstić information content (AvgIpc) is 2.79. The summed E-state index contributed by atoms with van der Waals surface area (Å²) in [5.74, 6) is -0.101. The Morgan fingerprint density at radius 3 is 2.94 bits per heavy atom. The number of rotatable bonds is 3. The highest BCUT2D eigenvalue weighted by atomic mass is 16.5. The van der Waals surface area contributed by atoms with Gasteiger partial charge >= 0.3 is 5.97 Å². The van der Waals surface area contributed by atoms with Gasteiger partial charge in [0.15, 0.2) is 0 Å². The molecule has 0 aromatic heterocycles. The Kier molecular flexibility index (Phi) is 3.79. The van der Waals surface area contributed by atoms with Gasteiger partial charge in [-0.1, -0.05) is 24.3 Å². The van der Waals surface area contributed by atoms with Gasteiger partial charge in [-0.25, -0.2) is 0 Å². The first kappa shape index (κ1) is 12.1. The van der Waals surface area contributed by atoms with E-state index >= 15 is 0 Å². The zero-order valence-corrected chi connectivity index (χ0v) is 10.5. The van der Waals surface area contributed by atoms with Crippen molar-refractivity contribution in [2.45, 2.75) is 32.4 Å². The molecule has 1 fully saturated rings. The Morgan fingerprint density at radius 2 is 2.24 bits per heavy atom. The summed E-state index contributed by atoms with van der Waals surface area (Å²) in [7, 11) is 1.46. The van der Waals surface area contributed by atoms with E-state index in [0.717, 1.165) is 25.9 Å². The molecule has 0 bridgehead atoms. The Morgan fingerprint density at radius 1 is 1.47 bits per heavy atom. The molecule has 1 unspecified atom stereocenters. The van der Waals surface area contributed by atoms with Crippen LogP contribution in [0.25, 0.3) is 0 Å². The van der Waals surface area contributed by atoms with Crippen molar-refractivity contribution in [3.05, 3.63) is 35.4 Å². The van der Waals surface area contributed by atoms with Crippen LogP contribution in [0.4, 0.5) is 0 Å². The Bertz CT molecular complexity index is 403. The molecule has 1 heterocycles. The van der Waals surface area contributed by atoms with Crippen LogP contribution in [0.1, 0.15) is 24.0 Å². The molecule has 0 aliphatic carbocycles. The summed E-state index contributed by atoms with van der Waals surface area (Å²) in [5, 5.41) is 0. The molecule has 1 aromatic rings. The number of esters is 1. The number of hydrogen-bond acceptors (Lipinski definition) is 3. The topological polar surface area (TPSA) is 29.5 Å². The molecular formula is C14H19NO2. The first-order valence-corrected chi connectivity index (χ1v) is 6.08. The fourth-order valence-electron chi connectivity index (χ4n) is 2.42. The molecule has 3 nitrogen and oxygen atoms in total. The third-order valence-corrected chi connectivity index (χ3v) is 3.47. The van der Waals surface area contributed by atoms with Gasteiger partial charge < -0.3 is 4.74 Å². The third-order valence-electron chi connectivity index (χ3n) is 3.47. The molecule has 17 heavy (non-hydrogen) atoms. The molecule has 0 spiro atoms. The second kappa shape index (κ2) is 5.32. The minimum Gasteiger partial charge on any atom is -0.468 e. The zero-order chi connectivity index (χ0) is 12.3. The first-order valence-electron chi connectivity index (χ1n) is 6.08. The van der Waals surface area contributed by atoms with Crippen molar-refractivity contribution in [3.8, 4) is 0 Å². The number of aryl methyl sites for hydroxylation is 1. The van der Waals surface area contributed by atoms with E-state index in [0.29, 0.717) is 0 Å². The van der Waals surface area contributed by atoms with Crippen molar-refractivity contribution in [2.24, 2.45) is 0 Å². The molecule has 0 radical (unpaired) electrons. The second-order valence-electron chi connectivity index (χ2n) is 4.58. The maximum Gasteiger partial charge on any atom is 0.323 e. The lowest BCUT2D eigenvalue weighted by atomic mass is 10.1. The average molecular weight is 233 g/mol. The van der Waals surface area contributed by atoms with Crippen molar-refractivity contribution in [2.75, 3.05) is 13.7 Å². The van der Waals surface area contributed by atoms with Crippen molar-refractivity contribution >= 4 is 5.97 Å². The van der Waals surface area contributed by atoms with Crippen LogP contribution in [-0.4, -0.2) is 30.6 Å². The van der Waals surface area contributed by atoms with Gasteiger partial charge in [0.2, 0.25) is 0 Å². The summed E-state index contributed by atoms with van der Waals surface area (Å²) >= 11 is 0. The van der Waals surface area contributed by atoms with Crippen molar-refractivity contribution in [3.63, 3.8) is 0 Å². The number of ether oxygens (including phenoxy) is 1. The molecule has 0 N–H and O–H groups in total. The number of nitrogens with zero attached hydrogens (tertiary/aromatic N) is 1. The highest BCUT2D eigenvalue weighted by Crippen LogP contribution is 2.22. The number of benzene rings is 1. The summed E-state index contributed by atoms with van der Waals surface area (Å²) in [6, 6.07) is 8.27. The van der Waals surface area contributed by atoms with Crippen LogP contribution in [0.3, 0.4) is 0 Å². The SMILES string of the molecule is COC(=O)C1CCCN1Cc1ccccc1C. The van der Waals surface area contributed by atoms with Crippen LogP contribution in [0.2, 0.25) is 0 Å². The minimum absolute atomic E-state index is 0.0559. The lowest BCUT2D eigenvalue weighted by molar-refractivity contribution is -0.146. The number of hydrogen-bond donors (Lipinski definition) is 0. The summed E-state index contributed by atoms with van der Waals surface area (Å²) in [5.41, 5.74) is 2.58. The monoisotopic (exact) mass is 233 g/mol. The van der Waals surface area contributed by atoms with Gasteiger partial charge in [-0.2, -0.15) is 0 Å². The van der Waals surface area contributed by atoms with E-state index in [1.165, 1.54) is 18.2 Å². The van der Waals surface area contributed by atoms with E-state index < -0.39 is 0 Å². The number of likely N-dealkylation sites (tertiary alicyclic amines) is 1. The van der Waals surface area contributed by atoms with E-state index in [9.17, 15) is 4.79 Å². The lowest BCUT2D eigenvalue weighted by Crippen LogP contribution is -2.36. The van der Waals surface area contributed by atoms with Gasteiger partial charge in [0.25, 0.3) is 0 Å². The molecule has 2 rings (SSSR count). The van der Waals surface area contributed by atoms with E-state index in [2.05, 4.69) is 24.0 Å². The number of methoxy groups -OCH3 is 1. The van der Waals surface area contributed by atoms with Crippen molar-refractivity contribution < 1.29 is 9.53 Å². The second-order valence-corrected chi connectivity index (χ2v) is 4.58. The predicted molar refractivity (Wildman–Crippen MR) is 66.6 cm³/mol. The van der Waals surface area contributed by atoms with Crippen LogP contribution in [0, 0.1) is 6.92 Å². The van der Waals surface area contributed by atoms with E-state index in [1.54, 1.807) is 0 Å². The third kappa shape index (κ3) is 2.67. The fourth-order valence-corrected chi connectivity index (χ4v) is 2.42. The summed E-state index contributed by atoms with van der Waals surface area (Å²) in [4.78, 5) is 13.9. The highest BCUT2D eigenvalue weighted by molar-refractivity contribution is 5.75. The van der Waals surface area contributed by atoms with Crippen LogP contribution < -0.4 is 0 Å². The minimum atomic E-state index is -0.101. The van der Waals surface area contributed by atoms with Crippen LogP contribution in [-0.2, 0) is 16.1 Å². The van der Waals surface area contributed by atoms with E-state index in [-0.39, 0.29) is 12.0 Å². The maximum atomic E-state index is 11.6. The number of carbonyl (C=O) groups is 1. The molecule has 3 heteroatoms. The maximum absolute atomic E-state index is 11.6. The quantitative estimate of drug-likeness (QED) is 0.749. The molecule has 0 amide bonds. The van der Waals surface area contributed by atoms with Crippen LogP contribution in [0.5, 0.6) is 0 Å². The molecule has 1 aliphatic heterocycles. The van der Waals surface area contributed by atoms with Gasteiger partial charge in [0, 0.05) is 6.54 Å². The van der Waals surface area contributed by atoms with Gasteiger partial charge in [-0.3, -0.25) is 9.69 Å². The Labute approximate surface area is 102 Å². The van der Waals surface area contributed by atoms with Gasteiger partial charge in [0.1, 0.15) is 6.04 Å². The smallest absolute Gasteiger partial charge is 0.323 e. The van der Waals surface area contributed by atoms with Gasteiger partial charge in [-0.05, 0) is 37.4 Å². The molecular weight excluding hydrogens is 214 g/mol. The molecule has 1 saturated heterocycles. The number of carbonyl (C=O) groups excluding carboxylic acids is 1. The van der Waals surface area contributed by atoms with E-state index in [1.807, 2.05) is 12.1 Å². The van der Waals surface area contributed by atoms with Gasteiger partial charge in [-0.15, -0.1) is 0 Å². The van der Waals surface area contributed by atoms with Crippen molar-refractivity contribution in [1.82, 2.24) is 4.90 Å². The molecule has 1 aromatic carbocycles. The lowest BCUT2D eigenvalue weighted by Gasteiger charge is -2.23. The first-order chi connectivity index (χ1) is 8.22. The van der Waals surface area contributed by atoms with Crippen LogP contribution >= 0.6 is 0 Å².